The summed E-state index contributed by atoms with van der Waals surface area (Å²) in [4.78, 5) is 54.7. The molecular weight excluding hydrogens is 588 g/mol. The van der Waals surface area contributed by atoms with E-state index in [4.69, 9.17) is 0 Å². The number of benzene rings is 2. The number of nitrogens with one attached hydrogen (secondary N) is 2. The van der Waals surface area contributed by atoms with Gasteiger partial charge in [0, 0.05) is 63.0 Å². The Balaban J connectivity index is 1.24. The normalized spacial score (nSPS) is 22.0. The van der Waals surface area contributed by atoms with Gasteiger partial charge in [0.2, 0.25) is 18.2 Å². The van der Waals surface area contributed by atoms with Crippen LogP contribution in [0, 0.1) is 0 Å². The molecule has 3 aliphatic heterocycles. The second-order valence-electron chi connectivity index (χ2n) is 13.1. The fraction of sp³-hybridized carbons (Fsp3) is 0.529. The fourth-order valence-electron chi connectivity index (χ4n) is 6.66. The third-order valence-corrected chi connectivity index (χ3v) is 10.9. The molecule has 3 heterocycles. The zero-order valence-electron chi connectivity index (χ0n) is 26.9. The highest BCUT2D eigenvalue weighted by atomic mass is 32.2. The highest BCUT2D eigenvalue weighted by Gasteiger charge is 2.33. The van der Waals surface area contributed by atoms with Crippen molar-refractivity contribution in [1.82, 2.24) is 14.5 Å². The zero-order valence-corrected chi connectivity index (χ0v) is 27.7. The lowest BCUT2D eigenvalue weighted by atomic mass is 9.90. The minimum atomic E-state index is -0.505. The lowest BCUT2D eigenvalue weighted by Gasteiger charge is -2.41. The fourth-order valence-corrected chi connectivity index (χ4v) is 7.84. The van der Waals surface area contributed by atoms with Gasteiger partial charge in [0.05, 0.1) is 11.4 Å². The molecule has 0 aliphatic carbocycles. The van der Waals surface area contributed by atoms with Crippen molar-refractivity contribution >= 4 is 53.3 Å². The summed E-state index contributed by atoms with van der Waals surface area (Å²) in [6.45, 7) is 6.99. The molecule has 0 spiro atoms. The van der Waals surface area contributed by atoms with Crippen molar-refractivity contribution in [2.75, 3.05) is 48.8 Å². The summed E-state index contributed by atoms with van der Waals surface area (Å²) in [5, 5.41) is 5.54. The third kappa shape index (κ3) is 7.81. The Kier molecular flexibility index (Phi) is 10.4. The minimum absolute atomic E-state index is 0.105. The summed E-state index contributed by atoms with van der Waals surface area (Å²) in [5.41, 5.74) is 4.64. The largest absolute Gasteiger partial charge is 0.361 e. The molecule has 0 bridgehead atoms. The van der Waals surface area contributed by atoms with Crippen molar-refractivity contribution in [3.8, 4) is 0 Å². The van der Waals surface area contributed by atoms with E-state index in [1.807, 2.05) is 59.1 Å². The molecule has 2 aromatic rings. The molecule has 2 unspecified atom stereocenters. The van der Waals surface area contributed by atoms with E-state index < -0.39 is 6.04 Å². The van der Waals surface area contributed by atoms with Gasteiger partial charge in [-0.05, 0) is 81.3 Å². The Labute approximate surface area is 271 Å². The average molecular weight is 635 g/mol. The zero-order chi connectivity index (χ0) is 32.1. The van der Waals surface area contributed by atoms with E-state index in [0.717, 1.165) is 48.5 Å². The Morgan fingerprint density at radius 1 is 1.07 bits per heavy atom. The standard InChI is InChI=1S/C34H46N6O4S/c1-34(2)16-5-6-18-40(34)45-22-24-9-7-11-27(19-24)35-33(44)39-17-8-10-26(21-39)25-12-13-28(30(20-25)37(3)23-41)38(4)29-14-15-31(42)36-32(29)43/h7,9,11-13,19-20,23,26,29H,5-6,8,10,14-18,21-22H2,1-4H3,(H,35,44)(H,36,42,43). The Bertz CT molecular complexity index is 1420. The Morgan fingerprint density at radius 3 is 2.64 bits per heavy atom. The van der Waals surface area contributed by atoms with Crippen LogP contribution in [0.4, 0.5) is 21.9 Å². The molecule has 5 rings (SSSR count). The van der Waals surface area contributed by atoms with Crippen LogP contribution in [-0.4, -0.2) is 78.8 Å². The molecule has 2 N–H and O–H groups in total. The van der Waals surface area contributed by atoms with Gasteiger partial charge in [-0.2, -0.15) is 0 Å². The van der Waals surface area contributed by atoms with Crippen LogP contribution in [-0.2, 0) is 20.1 Å². The first-order chi connectivity index (χ1) is 21.6. The molecule has 0 aromatic heterocycles. The minimum Gasteiger partial charge on any atom is -0.361 e. The van der Waals surface area contributed by atoms with E-state index in [1.165, 1.54) is 29.7 Å². The second kappa shape index (κ2) is 14.2. The molecule has 3 aliphatic rings. The molecule has 2 aromatic carbocycles. The Morgan fingerprint density at radius 2 is 1.89 bits per heavy atom. The van der Waals surface area contributed by atoms with Crippen LogP contribution in [0.25, 0.3) is 0 Å². The Hall–Kier alpha value is -3.57. The maximum atomic E-state index is 13.4. The monoisotopic (exact) mass is 634 g/mol. The molecule has 0 radical (unpaired) electrons. The number of likely N-dealkylation sites (N-methyl/N-ethyl adjacent to an activating group) is 1. The van der Waals surface area contributed by atoms with Crippen molar-refractivity contribution < 1.29 is 19.2 Å². The molecular formula is C34H46N6O4S. The predicted octanol–water partition coefficient (Wildman–Crippen LogP) is 5.34. The summed E-state index contributed by atoms with van der Waals surface area (Å²) in [7, 11) is 3.50. The van der Waals surface area contributed by atoms with Crippen molar-refractivity contribution in [3.05, 3.63) is 53.6 Å². The second-order valence-corrected chi connectivity index (χ2v) is 14.1. The van der Waals surface area contributed by atoms with Crippen LogP contribution in [0.5, 0.6) is 0 Å². The van der Waals surface area contributed by atoms with Gasteiger partial charge in [-0.3, -0.25) is 19.7 Å². The topological polar surface area (TPSA) is 105 Å². The van der Waals surface area contributed by atoms with Crippen LogP contribution in [0.2, 0.25) is 0 Å². The van der Waals surface area contributed by atoms with E-state index in [0.29, 0.717) is 25.2 Å². The molecule has 11 heteroatoms. The number of likely N-dealkylation sites (tertiary alicyclic amines) is 1. The molecule has 3 fully saturated rings. The van der Waals surface area contributed by atoms with Gasteiger partial charge in [0.15, 0.2) is 0 Å². The van der Waals surface area contributed by atoms with E-state index in [2.05, 4.69) is 40.9 Å². The quantitative estimate of drug-likeness (QED) is 0.218. The number of hydrogen-bond acceptors (Lipinski definition) is 7. The van der Waals surface area contributed by atoms with Gasteiger partial charge < -0.3 is 20.0 Å². The lowest BCUT2D eigenvalue weighted by molar-refractivity contribution is -0.134. The number of imide groups is 1. The van der Waals surface area contributed by atoms with E-state index >= 15 is 0 Å². The van der Waals surface area contributed by atoms with Gasteiger partial charge in [-0.25, -0.2) is 9.10 Å². The number of nitrogens with zero attached hydrogens (tertiary/aromatic N) is 4. The highest BCUT2D eigenvalue weighted by Crippen LogP contribution is 2.37. The van der Waals surface area contributed by atoms with Gasteiger partial charge >= 0.3 is 6.03 Å². The molecule has 10 nitrogen and oxygen atoms in total. The number of amides is 5. The number of urea groups is 1. The number of carbonyl (C=O) groups excluding carboxylic acids is 4. The average Bonchev–Trinajstić information content (AvgIpc) is 3.03. The van der Waals surface area contributed by atoms with E-state index in [-0.39, 0.29) is 35.7 Å². The summed E-state index contributed by atoms with van der Waals surface area (Å²) >= 11 is 1.88. The van der Waals surface area contributed by atoms with Crippen molar-refractivity contribution in [2.45, 2.75) is 82.0 Å². The number of piperidine rings is 3. The number of rotatable bonds is 9. The van der Waals surface area contributed by atoms with Gasteiger partial charge in [0.1, 0.15) is 6.04 Å². The molecule has 5 amide bonds. The van der Waals surface area contributed by atoms with Crippen molar-refractivity contribution in [2.24, 2.45) is 0 Å². The summed E-state index contributed by atoms with van der Waals surface area (Å²) in [6, 6.07) is 13.5. The highest BCUT2D eigenvalue weighted by molar-refractivity contribution is 7.96. The van der Waals surface area contributed by atoms with E-state index in [9.17, 15) is 19.2 Å². The van der Waals surface area contributed by atoms with Crippen LogP contribution in [0.15, 0.2) is 42.5 Å². The number of carbonyl (C=O) groups is 4. The maximum absolute atomic E-state index is 13.4. The summed E-state index contributed by atoms with van der Waals surface area (Å²) in [6.07, 6.45) is 6.98. The summed E-state index contributed by atoms with van der Waals surface area (Å²) in [5.74, 6) is 0.376. The molecule has 3 saturated heterocycles. The third-order valence-electron chi connectivity index (χ3n) is 9.42. The SMILES string of the molecule is CN(C=O)c1cc(C2CCCN(C(=O)Nc3cccc(CSN4CCCCC4(C)C)c3)C2)ccc1N(C)C1CCC(=O)NC1=O. The number of hydrogen-bond donors (Lipinski definition) is 2. The van der Waals surface area contributed by atoms with Crippen LogP contribution < -0.4 is 20.4 Å². The summed E-state index contributed by atoms with van der Waals surface area (Å²) < 4.78 is 2.51. The molecule has 0 saturated carbocycles. The van der Waals surface area contributed by atoms with Gasteiger partial charge in [-0.1, -0.05) is 36.6 Å². The maximum Gasteiger partial charge on any atom is 0.321 e. The van der Waals surface area contributed by atoms with Gasteiger partial charge in [0.25, 0.3) is 0 Å². The smallest absolute Gasteiger partial charge is 0.321 e. The lowest BCUT2D eigenvalue weighted by Crippen LogP contribution is -2.51. The molecule has 2 atom stereocenters. The molecule has 45 heavy (non-hydrogen) atoms. The van der Waals surface area contributed by atoms with Crippen molar-refractivity contribution in [3.63, 3.8) is 0 Å². The van der Waals surface area contributed by atoms with Crippen LogP contribution in [0.3, 0.4) is 0 Å². The first kappa shape index (κ1) is 32.8. The number of anilines is 3. The molecule has 242 valence electrons. The predicted molar refractivity (Wildman–Crippen MR) is 180 cm³/mol. The van der Waals surface area contributed by atoms with Crippen molar-refractivity contribution in [1.29, 1.82) is 0 Å². The van der Waals surface area contributed by atoms with Crippen LogP contribution in [0.1, 0.15) is 75.8 Å². The first-order valence-electron chi connectivity index (χ1n) is 16.0. The first-order valence-corrected chi connectivity index (χ1v) is 16.9. The van der Waals surface area contributed by atoms with Gasteiger partial charge in [-0.15, -0.1) is 0 Å². The van der Waals surface area contributed by atoms with E-state index in [1.54, 1.807) is 7.05 Å². The van der Waals surface area contributed by atoms with Crippen LogP contribution >= 0.6 is 11.9 Å².